The summed E-state index contributed by atoms with van der Waals surface area (Å²) in [5.41, 5.74) is 0.353. The average Bonchev–Trinajstić information content (AvgIpc) is 3.29. The first kappa shape index (κ1) is 20.0. The van der Waals surface area contributed by atoms with Gasteiger partial charge in [-0.1, -0.05) is 12.1 Å². The quantitative estimate of drug-likeness (QED) is 0.734. The average molecular weight is 423 g/mol. The molecule has 0 N–H and O–H groups in total. The molecule has 4 heterocycles. The van der Waals surface area contributed by atoms with E-state index in [1.807, 2.05) is 16.4 Å². The molecule has 10 nitrogen and oxygen atoms in total. The second kappa shape index (κ2) is 7.52. The number of hydrogen-bond acceptors (Lipinski definition) is 7. The van der Waals surface area contributed by atoms with Gasteiger partial charge in [-0.15, -0.1) is 10.2 Å². The van der Waals surface area contributed by atoms with Crippen molar-refractivity contribution < 1.29 is 17.7 Å². The molecule has 2 aromatic rings. The van der Waals surface area contributed by atoms with E-state index in [0.717, 1.165) is 31.6 Å². The fraction of sp³-hybridized carbons (Fsp3) is 0.667. The van der Waals surface area contributed by atoms with Crippen molar-refractivity contribution in [3.63, 3.8) is 0 Å². The predicted molar refractivity (Wildman–Crippen MR) is 102 cm³/mol. The van der Waals surface area contributed by atoms with Gasteiger partial charge in [-0.2, -0.15) is 4.31 Å². The summed E-state index contributed by atoms with van der Waals surface area (Å²) in [7, 11) is -3.74. The van der Waals surface area contributed by atoms with Crippen molar-refractivity contribution >= 4 is 15.9 Å². The molecule has 29 heavy (non-hydrogen) atoms. The van der Waals surface area contributed by atoms with Crippen molar-refractivity contribution in [1.29, 1.82) is 0 Å². The Morgan fingerprint density at radius 2 is 1.97 bits per heavy atom. The highest BCUT2D eigenvalue weighted by atomic mass is 32.2. The van der Waals surface area contributed by atoms with Crippen molar-refractivity contribution in [1.82, 2.24) is 29.1 Å². The number of carbonyl (C=O) groups is 1. The number of carbonyl (C=O) groups excluding carboxylic acids is 1. The van der Waals surface area contributed by atoms with E-state index >= 15 is 0 Å². The van der Waals surface area contributed by atoms with Gasteiger partial charge in [0.1, 0.15) is 16.4 Å². The minimum atomic E-state index is -3.74. The van der Waals surface area contributed by atoms with Crippen LogP contribution in [0.3, 0.4) is 0 Å². The van der Waals surface area contributed by atoms with Crippen LogP contribution < -0.4 is 0 Å². The molecule has 0 unspecified atom stereocenters. The molecule has 2 aliphatic heterocycles. The maximum atomic E-state index is 13.1. The lowest BCUT2D eigenvalue weighted by Gasteiger charge is -2.36. The Kier molecular flexibility index (Phi) is 5.19. The van der Waals surface area contributed by atoms with Crippen molar-refractivity contribution in [3.05, 3.63) is 23.1 Å². The Balaban J connectivity index is 1.61. The fourth-order valence-corrected chi connectivity index (χ4v) is 5.96. The van der Waals surface area contributed by atoms with Gasteiger partial charge >= 0.3 is 0 Å². The molecular formula is C18H26N6O4S. The molecule has 0 aliphatic carbocycles. The van der Waals surface area contributed by atoms with E-state index in [4.69, 9.17) is 4.52 Å². The second-order valence-corrected chi connectivity index (χ2v) is 9.44. The highest BCUT2D eigenvalue weighted by molar-refractivity contribution is 7.89. The number of amides is 1. The molecule has 4 rings (SSSR count). The van der Waals surface area contributed by atoms with Crippen LogP contribution in [0.4, 0.5) is 0 Å². The first-order valence-corrected chi connectivity index (χ1v) is 11.4. The van der Waals surface area contributed by atoms with Crippen LogP contribution in [0.5, 0.6) is 0 Å². The summed E-state index contributed by atoms with van der Waals surface area (Å²) in [5, 5.41) is 12.4. The van der Waals surface area contributed by atoms with Gasteiger partial charge in [0.15, 0.2) is 11.6 Å². The number of likely N-dealkylation sites (tertiary alicyclic amines) is 1. The summed E-state index contributed by atoms with van der Waals surface area (Å²) in [5.74, 6) is 1.75. The van der Waals surface area contributed by atoms with Crippen LogP contribution >= 0.6 is 0 Å². The van der Waals surface area contributed by atoms with E-state index in [0.29, 0.717) is 31.0 Å². The zero-order chi connectivity index (χ0) is 20.8. The van der Waals surface area contributed by atoms with Gasteiger partial charge in [0.25, 0.3) is 0 Å². The van der Waals surface area contributed by atoms with Crippen LogP contribution in [-0.4, -0.2) is 56.5 Å². The molecule has 11 heteroatoms. The third-order valence-electron chi connectivity index (χ3n) is 5.74. The topological polar surface area (TPSA) is 114 Å². The Hall–Kier alpha value is -2.27. The van der Waals surface area contributed by atoms with E-state index in [1.54, 1.807) is 13.8 Å². The van der Waals surface area contributed by atoms with Crippen LogP contribution in [0, 0.1) is 13.8 Å². The third kappa shape index (κ3) is 3.35. The summed E-state index contributed by atoms with van der Waals surface area (Å²) in [4.78, 5) is 14.4. The number of rotatable bonds is 4. The SMILES string of the molecule is CCC(=O)N1CCCC[C@H]1c1nnc2n1CCN(S(=O)(=O)c1c(C)noc1C)C2. The summed E-state index contributed by atoms with van der Waals surface area (Å²) < 4.78 is 34.6. The highest BCUT2D eigenvalue weighted by Crippen LogP contribution is 2.33. The maximum Gasteiger partial charge on any atom is 0.248 e. The highest BCUT2D eigenvalue weighted by Gasteiger charge is 2.37. The molecule has 1 fully saturated rings. The first-order chi connectivity index (χ1) is 13.8. The molecule has 0 aromatic carbocycles. The third-order valence-corrected chi connectivity index (χ3v) is 7.83. The predicted octanol–water partition coefficient (Wildman–Crippen LogP) is 1.55. The van der Waals surface area contributed by atoms with Gasteiger partial charge in [-0.3, -0.25) is 4.79 Å². The standard InChI is InChI=1S/C18H26N6O4S/c1-4-16(25)23-8-6-5-7-14(23)18-20-19-15-11-22(9-10-24(15)18)29(26,27)17-12(2)21-28-13(17)3/h14H,4-11H2,1-3H3/t14-/m0/s1. The lowest BCUT2D eigenvalue weighted by atomic mass is 10.0. The molecule has 1 saturated heterocycles. The van der Waals surface area contributed by atoms with Crippen LogP contribution in [0.25, 0.3) is 0 Å². The molecule has 0 spiro atoms. The minimum Gasteiger partial charge on any atom is -0.360 e. The summed E-state index contributed by atoms with van der Waals surface area (Å²) in [6.07, 6.45) is 3.34. The second-order valence-electron chi connectivity index (χ2n) is 7.57. The Morgan fingerprint density at radius 3 is 2.66 bits per heavy atom. The molecule has 2 aliphatic rings. The van der Waals surface area contributed by atoms with E-state index < -0.39 is 10.0 Å². The summed E-state index contributed by atoms with van der Waals surface area (Å²) in [6.45, 7) is 6.70. The summed E-state index contributed by atoms with van der Waals surface area (Å²) >= 11 is 0. The fourth-order valence-electron chi connectivity index (χ4n) is 4.28. The molecule has 158 valence electrons. The number of sulfonamides is 1. The van der Waals surface area contributed by atoms with Crippen molar-refractivity contribution in [2.75, 3.05) is 13.1 Å². The molecule has 0 bridgehead atoms. The first-order valence-electron chi connectivity index (χ1n) is 9.99. The molecule has 2 aromatic heterocycles. The number of nitrogens with zero attached hydrogens (tertiary/aromatic N) is 6. The van der Waals surface area contributed by atoms with Crippen molar-refractivity contribution in [2.24, 2.45) is 0 Å². The molecule has 1 amide bonds. The molecule has 0 radical (unpaired) electrons. The Morgan fingerprint density at radius 1 is 1.17 bits per heavy atom. The Bertz CT molecular complexity index is 1010. The number of hydrogen-bond donors (Lipinski definition) is 0. The van der Waals surface area contributed by atoms with Crippen LogP contribution in [0.1, 0.15) is 61.8 Å². The van der Waals surface area contributed by atoms with Crippen molar-refractivity contribution in [2.45, 2.75) is 70.5 Å². The van der Waals surface area contributed by atoms with Crippen LogP contribution in [-0.2, 0) is 27.9 Å². The number of piperidine rings is 1. The Labute approximate surface area is 169 Å². The van der Waals surface area contributed by atoms with E-state index in [1.165, 1.54) is 4.31 Å². The zero-order valence-electron chi connectivity index (χ0n) is 17.0. The van der Waals surface area contributed by atoms with Crippen LogP contribution in [0.15, 0.2) is 9.42 Å². The number of fused-ring (bicyclic) bond motifs is 1. The molecule has 1 atom stereocenters. The largest absolute Gasteiger partial charge is 0.360 e. The van der Waals surface area contributed by atoms with Gasteiger partial charge < -0.3 is 14.0 Å². The lowest BCUT2D eigenvalue weighted by molar-refractivity contribution is -0.135. The lowest BCUT2D eigenvalue weighted by Crippen LogP contribution is -2.42. The minimum absolute atomic E-state index is 0.0943. The number of aryl methyl sites for hydroxylation is 2. The van der Waals surface area contributed by atoms with Crippen LogP contribution in [0.2, 0.25) is 0 Å². The van der Waals surface area contributed by atoms with Gasteiger partial charge in [-0.05, 0) is 33.1 Å². The van der Waals surface area contributed by atoms with Gasteiger partial charge in [0.2, 0.25) is 15.9 Å². The summed E-state index contributed by atoms with van der Waals surface area (Å²) in [6, 6.07) is -0.0943. The van der Waals surface area contributed by atoms with Gasteiger partial charge in [-0.25, -0.2) is 8.42 Å². The smallest absolute Gasteiger partial charge is 0.248 e. The zero-order valence-corrected chi connectivity index (χ0v) is 17.8. The van der Waals surface area contributed by atoms with E-state index in [2.05, 4.69) is 15.4 Å². The van der Waals surface area contributed by atoms with E-state index in [-0.39, 0.29) is 29.1 Å². The molecular weight excluding hydrogens is 396 g/mol. The maximum absolute atomic E-state index is 13.1. The van der Waals surface area contributed by atoms with Gasteiger partial charge in [0, 0.05) is 26.1 Å². The molecule has 0 saturated carbocycles. The number of aromatic nitrogens is 4. The monoisotopic (exact) mass is 422 g/mol. The van der Waals surface area contributed by atoms with E-state index in [9.17, 15) is 13.2 Å². The normalized spacial score (nSPS) is 20.7. The van der Waals surface area contributed by atoms with Gasteiger partial charge in [0.05, 0.1) is 12.6 Å². The van der Waals surface area contributed by atoms with Crippen molar-refractivity contribution in [3.8, 4) is 0 Å².